The molecule has 1 saturated heterocycles. The zero-order valence-corrected chi connectivity index (χ0v) is 12.4. The highest BCUT2D eigenvalue weighted by molar-refractivity contribution is 6.32. The van der Waals surface area contributed by atoms with Crippen molar-refractivity contribution in [1.82, 2.24) is 10.2 Å². The number of nitro groups is 1. The van der Waals surface area contributed by atoms with Crippen LogP contribution in [0.4, 0.5) is 5.69 Å². The first-order valence-corrected chi connectivity index (χ1v) is 7.29. The molecule has 20 heavy (non-hydrogen) atoms. The predicted octanol–water partition coefficient (Wildman–Crippen LogP) is 2.82. The molecule has 0 aromatic heterocycles. The summed E-state index contributed by atoms with van der Waals surface area (Å²) in [6.07, 6.45) is 3.51. The Morgan fingerprint density at radius 1 is 1.45 bits per heavy atom. The molecule has 1 unspecified atom stereocenters. The van der Waals surface area contributed by atoms with Gasteiger partial charge in [0.2, 0.25) is 0 Å². The van der Waals surface area contributed by atoms with Crippen LogP contribution in [-0.2, 0) is 6.54 Å². The van der Waals surface area contributed by atoms with Gasteiger partial charge in [0.1, 0.15) is 5.02 Å². The summed E-state index contributed by atoms with van der Waals surface area (Å²) in [6, 6.07) is 5.53. The molecule has 1 fully saturated rings. The number of nitrogens with one attached hydrogen (secondary N) is 1. The largest absolute Gasteiger partial charge is 0.317 e. The zero-order valence-electron chi connectivity index (χ0n) is 11.6. The lowest BCUT2D eigenvalue weighted by Gasteiger charge is -2.26. The molecule has 0 amide bonds. The summed E-state index contributed by atoms with van der Waals surface area (Å²) in [5, 5.41) is 14.4. The van der Waals surface area contributed by atoms with Crippen molar-refractivity contribution in [2.24, 2.45) is 0 Å². The maximum atomic E-state index is 10.7. The summed E-state index contributed by atoms with van der Waals surface area (Å²) < 4.78 is 0. The Kier molecular flexibility index (Phi) is 5.34. The van der Waals surface area contributed by atoms with Gasteiger partial charge >= 0.3 is 0 Å². The number of rotatable bonds is 4. The van der Waals surface area contributed by atoms with Crippen molar-refractivity contribution < 1.29 is 4.92 Å². The van der Waals surface area contributed by atoms with Crippen LogP contribution in [0.2, 0.25) is 5.02 Å². The van der Waals surface area contributed by atoms with Gasteiger partial charge in [-0.05, 0) is 51.0 Å². The van der Waals surface area contributed by atoms with E-state index >= 15 is 0 Å². The lowest BCUT2D eigenvalue weighted by molar-refractivity contribution is -0.384. The highest BCUT2D eigenvalue weighted by Crippen LogP contribution is 2.26. The van der Waals surface area contributed by atoms with Gasteiger partial charge in [0, 0.05) is 18.7 Å². The van der Waals surface area contributed by atoms with Crippen molar-refractivity contribution in [3.63, 3.8) is 0 Å². The standard InChI is InChI=1S/C14H20ClN3O2/c1-17(12-3-2-7-16-8-6-12)10-11-4-5-14(18(19)20)13(15)9-11/h4-5,9,12,16H,2-3,6-8,10H2,1H3. The molecule has 1 atom stereocenters. The van der Waals surface area contributed by atoms with E-state index in [2.05, 4.69) is 17.3 Å². The van der Waals surface area contributed by atoms with Crippen molar-refractivity contribution in [3.8, 4) is 0 Å². The van der Waals surface area contributed by atoms with Crippen LogP contribution in [0.1, 0.15) is 24.8 Å². The van der Waals surface area contributed by atoms with Gasteiger partial charge < -0.3 is 5.32 Å². The molecule has 6 heteroatoms. The molecule has 1 aliphatic heterocycles. The average Bonchev–Trinajstić information content (AvgIpc) is 2.67. The summed E-state index contributed by atoms with van der Waals surface area (Å²) in [6.45, 7) is 2.91. The molecule has 0 spiro atoms. The Labute approximate surface area is 124 Å². The third-order valence-corrected chi connectivity index (χ3v) is 4.11. The van der Waals surface area contributed by atoms with Crippen molar-refractivity contribution in [3.05, 3.63) is 38.9 Å². The third kappa shape index (κ3) is 3.91. The second-order valence-corrected chi connectivity index (χ2v) is 5.70. The van der Waals surface area contributed by atoms with Crippen molar-refractivity contribution >= 4 is 17.3 Å². The molecule has 1 N–H and O–H groups in total. The lowest BCUT2D eigenvalue weighted by Crippen LogP contribution is -2.32. The highest BCUT2D eigenvalue weighted by atomic mass is 35.5. The van der Waals surface area contributed by atoms with Gasteiger partial charge in [-0.25, -0.2) is 0 Å². The fraction of sp³-hybridized carbons (Fsp3) is 0.571. The van der Waals surface area contributed by atoms with Crippen LogP contribution in [0.5, 0.6) is 0 Å². The molecular formula is C14H20ClN3O2. The van der Waals surface area contributed by atoms with E-state index in [0.29, 0.717) is 6.04 Å². The Morgan fingerprint density at radius 2 is 2.25 bits per heavy atom. The van der Waals surface area contributed by atoms with Crippen LogP contribution < -0.4 is 5.32 Å². The first-order chi connectivity index (χ1) is 9.58. The monoisotopic (exact) mass is 297 g/mol. The number of benzene rings is 1. The van der Waals surface area contributed by atoms with E-state index < -0.39 is 4.92 Å². The van der Waals surface area contributed by atoms with Gasteiger partial charge in [-0.1, -0.05) is 17.7 Å². The van der Waals surface area contributed by atoms with Crippen LogP contribution in [0.3, 0.4) is 0 Å². The van der Waals surface area contributed by atoms with Crippen LogP contribution in [0, 0.1) is 10.1 Å². The number of hydrogen-bond acceptors (Lipinski definition) is 4. The Morgan fingerprint density at radius 3 is 2.95 bits per heavy atom. The van der Waals surface area contributed by atoms with Crippen LogP contribution in [0.15, 0.2) is 18.2 Å². The summed E-state index contributed by atoms with van der Waals surface area (Å²) in [5.41, 5.74) is 0.983. The van der Waals surface area contributed by atoms with Crippen molar-refractivity contribution in [2.45, 2.75) is 31.8 Å². The quantitative estimate of drug-likeness (QED) is 0.686. The minimum Gasteiger partial charge on any atom is -0.317 e. The first-order valence-electron chi connectivity index (χ1n) is 6.91. The molecule has 1 aliphatic rings. The van der Waals surface area contributed by atoms with Gasteiger partial charge in [0.05, 0.1) is 4.92 Å². The summed E-state index contributed by atoms with van der Waals surface area (Å²) in [4.78, 5) is 12.6. The average molecular weight is 298 g/mol. The number of halogens is 1. The van der Waals surface area contributed by atoms with Gasteiger partial charge in [-0.15, -0.1) is 0 Å². The molecule has 0 saturated carbocycles. The van der Waals surface area contributed by atoms with Crippen molar-refractivity contribution in [1.29, 1.82) is 0 Å². The maximum absolute atomic E-state index is 10.7. The summed E-state index contributed by atoms with van der Waals surface area (Å²) in [5.74, 6) is 0. The molecular weight excluding hydrogens is 278 g/mol. The van der Waals surface area contributed by atoms with E-state index in [-0.39, 0.29) is 10.7 Å². The molecule has 2 rings (SSSR count). The summed E-state index contributed by atoms with van der Waals surface area (Å²) >= 11 is 5.95. The van der Waals surface area contributed by atoms with E-state index in [0.717, 1.165) is 31.6 Å². The molecule has 1 aromatic rings. The molecule has 0 aliphatic carbocycles. The van der Waals surface area contributed by atoms with E-state index in [9.17, 15) is 10.1 Å². The fourth-order valence-electron chi connectivity index (χ4n) is 2.66. The first kappa shape index (κ1) is 15.2. The molecule has 1 aromatic carbocycles. The number of hydrogen-bond donors (Lipinski definition) is 1. The maximum Gasteiger partial charge on any atom is 0.287 e. The van der Waals surface area contributed by atoms with Gasteiger partial charge in [0.15, 0.2) is 0 Å². The normalized spacial score (nSPS) is 19.9. The zero-order chi connectivity index (χ0) is 14.5. The van der Waals surface area contributed by atoms with Crippen LogP contribution >= 0.6 is 11.6 Å². The topological polar surface area (TPSA) is 58.4 Å². The number of nitro benzene ring substituents is 1. The highest BCUT2D eigenvalue weighted by Gasteiger charge is 2.18. The molecule has 0 radical (unpaired) electrons. The van der Waals surface area contributed by atoms with E-state index in [1.807, 2.05) is 0 Å². The minimum absolute atomic E-state index is 0.0308. The van der Waals surface area contributed by atoms with Gasteiger partial charge in [-0.3, -0.25) is 15.0 Å². The van der Waals surface area contributed by atoms with Crippen molar-refractivity contribution in [2.75, 3.05) is 20.1 Å². The van der Waals surface area contributed by atoms with Crippen LogP contribution in [0.25, 0.3) is 0 Å². The Bertz CT molecular complexity index is 473. The number of nitrogens with zero attached hydrogens (tertiary/aromatic N) is 2. The second-order valence-electron chi connectivity index (χ2n) is 5.29. The molecule has 110 valence electrons. The second kappa shape index (κ2) is 7.02. The van der Waals surface area contributed by atoms with Gasteiger partial charge in [-0.2, -0.15) is 0 Å². The molecule has 1 heterocycles. The predicted molar refractivity (Wildman–Crippen MR) is 80.1 cm³/mol. The molecule has 0 bridgehead atoms. The van der Waals surface area contributed by atoms with E-state index in [1.165, 1.54) is 18.9 Å². The Balaban J connectivity index is 2.01. The van der Waals surface area contributed by atoms with E-state index in [4.69, 9.17) is 11.6 Å². The fourth-order valence-corrected chi connectivity index (χ4v) is 2.93. The smallest absolute Gasteiger partial charge is 0.287 e. The lowest BCUT2D eigenvalue weighted by atomic mass is 10.1. The minimum atomic E-state index is -0.452. The van der Waals surface area contributed by atoms with Gasteiger partial charge in [0.25, 0.3) is 5.69 Å². The van der Waals surface area contributed by atoms with E-state index in [1.54, 1.807) is 12.1 Å². The van der Waals surface area contributed by atoms with Crippen LogP contribution in [-0.4, -0.2) is 36.0 Å². The summed E-state index contributed by atoms with van der Waals surface area (Å²) in [7, 11) is 2.10. The Hall–Kier alpha value is -1.17. The molecule has 5 nitrogen and oxygen atoms in total. The SMILES string of the molecule is CN(Cc1ccc([N+](=O)[O-])c(Cl)c1)C1CCCNCC1. The third-order valence-electron chi connectivity index (χ3n) is 3.81.